The van der Waals surface area contributed by atoms with Crippen LogP contribution in [0.25, 0.3) is 10.8 Å². The number of ether oxygens (including phenoxy) is 2. The maximum Gasteiger partial charge on any atom is 0.168 e. The fourth-order valence-electron chi connectivity index (χ4n) is 3.78. The second kappa shape index (κ2) is 6.56. The minimum atomic E-state index is -0.268. The molecule has 2 aliphatic rings. The van der Waals surface area contributed by atoms with Gasteiger partial charge in [-0.15, -0.1) is 0 Å². The van der Waals surface area contributed by atoms with E-state index in [1.807, 2.05) is 12.4 Å². The molecule has 1 aromatic carbocycles. The lowest BCUT2D eigenvalue weighted by Gasteiger charge is -2.31. The van der Waals surface area contributed by atoms with Crippen molar-refractivity contribution in [3.8, 4) is 0 Å². The molecule has 1 unspecified atom stereocenters. The van der Waals surface area contributed by atoms with Crippen LogP contribution < -0.4 is 5.32 Å². The van der Waals surface area contributed by atoms with Crippen LogP contribution in [0.1, 0.15) is 37.7 Å². The predicted octanol–water partition coefficient (Wildman–Crippen LogP) is 3.40. The summed E-state index contributed by atoms with van der Waals surface area (Å²) in [5.41, 5.74) is 1.30. The van der Waals surface area contributed by atoms with Crippen molar-refractivity contribution in [2.75, 3.05) is 13.2 Å². The Bertz CT molecular complexity index is 662. The maximum absolute atomic E-state index is 6.22. The Hall–Kier alpha value is -1.49. The average molecular weight is 312 g/mol. The lowest BCUT2D eigenvalue weighted by atomic mass is 9.94. The Kier molecular flexibility index (Phi) is 4.29. The van der Waals surface area contributed by atoms with E-state index in [1.54, 1.807) is 0 Å². The second-order valence-corrected chi connectivity index (χ2v) is 6.67. The van der Waals surface area contributed by atoms with Crippen LogP contribution >= 0.6 is 0 Å². The summed E-state index contributed by atoms with van der Waals surface area (Å²) in [7, 11) is 0. The molecule has 0 bridgehead atoms. The third-order valence-corrected chi connectivity index (χ3v) is 4.99. The average Bonchev–Trinajstić information content (AvgIpc) is 2.98. The fourth-order valence-corrected chi connectivity index (χ4v) is 3.78. The van der Waals surface area contributed by atoms with Crippen molar-refractivity contribution in [1.82, 2.24) is 10.3 Å². The molecule has 1 spiro atoms. The van der Waals surface area contributed by atoms with Gasteiger partial charge in [0.2, 0.25) is 0 Å². The Morgan fingerprint density at radius 2 is 2.09 bits per heavy atom. The SMILES string of the molecule is c1cc(CNCC2COC3(CCCCC3)O2)c2ccncc2c1. The van der Waals surface area contributed by atoms with Crippen molar-refractivity contribution in [2.45, 2.75) is 50.5 Å². The lowest BCUT2D eigenvalue weighted by molar-refractivity contribution is -0.186. The van der Waals surface area contributed by atoms with Crippen LogP contribution in [0.4, 0.5) is 0 Å². The van der Waals surface area contributed by atoms with Gasteiger partial charge < -0.3 is 14.8 Å². The summed E-state index contributed by atoms with van der Waals surface area (Å²) >= 11 is 0. The highest BCUT2D eigenvalue weighted by Gasteiger charge is 2.41. The molecule has 4 rings (SSSR count). The zero-order valence-corrected chi connectivity index (χ0v) is 13.5. The van der Waals surface area contributed by atoms with Gasteiger partial charge in [0.05, 0.1) is 12.7 Å². The summed E-state index contributed by atoms with van der Waals surface area (Å²) in [5, 5.41) is 5.99. The van der Waals surface area contributed by atoms with Gasteiger partial charge in [0.15, 0.2) is 5.79 Å². The van der Waals surface area contributed by atoms with Gasteiger partial charge in [-0.1, -0.05) is 24.6 Å². The molecule has 1 N–H and O–H groups in total. The van der Waals surface area contributed by atoms with E-state index in [4.69, 9.17) is 9.47 Å². The van der Waals surface area contributed by atoms with Crippen molar-refractivity contribution in [1.29, 1.82) is 0 Å². The summed E-state index contributed by atoms with van der Waals surface area (Å²) in [6.07, 6.45) is 9.82. The molecule has 4 heteroatoms. The first-order chi connectivity index (χ1) is 11.3. The van der Waals surface area contributed by atoms with E-state index < -0.39 is 0 Å². The van der Waals surface area contributed by atoms with Gasteiger partial charge in [-0.3, -0.25) is 4.98 Å². The van der Waals surface area contributed by atoms with E-state index in [9.17, 15) is 0 Å². The highest BCUT2D eigenvalue weighted by atomic mass is 16.7. The Balaban J connectivity index is 1.33. The number of benzene rings is 1. The summed E-state index contributed by atoms with van der Waals surface area (Å²) in [4.78, 5) is 4.19. The Labute approximate surface area is 137 Å². The zero-order chi connectivity index (χ0) is 15.5. The van der Waals surface area contributed by atoms with E-state index in [1.165, 1.54) is 35.6 Å². The van der Waals surface area contributed by atoms with Crippen molar-refractivity contribution < 1.29 is 9.47 Å². The van der Waals surface area contributed by atoms with Crippen LogP contribution in [0.15, 0.2) is 36.7 Å². The normalized spacial score (nSPS) is 23.6. The molecule has 1 atom stereocenters. The predicted molar refractivity (Wildman–Crippen MR) is 90.1 cm³/mol. The molecule has 2 aromatic rings. The summed E-state index contributed by atoms with van der Waals surface area (Å²) < 4.78 is 12.2. The first-order valence-corrected chi connectivity index (χ1v) is 8.69. The number of nitrogens with zero attached hydrogens (tertiary/aromatic N) is 1. The van der Waals surface area contributed by atoms with Gasteiger partial charge in [-0.05, 0) is 29.9 Å². The topological polar surface area (TPSA) is 43.4 Å². The molecule has 2 fully saturated rings. The third kappa shape index (κ3) is 3.25. The van der Waals surface area contributed by atoms with E-state index in [2.05, 4.69) is 34.6 Å². The minimum absolute atomic E-state index is 0.171. The van der Waals surface area contributed by atoms with Gasteiger partial charge in [0.25, 0.3) is 0 Å². The number of rotatable bonds is 4. The number of fused-ring (bicyclic) bond motifs is 1. The van der Waals surface area contributed by atoms with Crippen LogP contribution in [-0.2, 0) is 16.0 Å². The van der Waals surface area contributed by atoms with Gasteiger partial charge in [0, 0.05) is 43.7 Å². The van der Waals surface area contributed by atoms with Gasteiger partial charge in [0.1, 0.15) is 0 Å². The summed E-state index contributed by atoms with van der Waals surface area (Å²) in [5.74, 6) is -0.268. The van der Waals surface area contributed by atoms with Crippen molar-refractivity contribution in [2.24, 2.45) is 0 Å². The summed E-state index contributed by atoms with van der Waals surface area (Å²) in [6.45, 7) is 2.39. The molecule has 0 amide bonds. The smallest absolute Gasteiger partial charge is 0.168 e. The number of pyridine rings is 1. The molecule has 1 aliphatic carbocycles. The Morgan fingerprint density at radius 1 is 1.17 bits per heavy atom. The molecule has 1 saturated heterocycles. The van der Waals surface area contributed by atoms with Gasteiger partial charge in [-0.25, -0.2) is 0 Å². The van der Waals surface area contributed by atoms with Crippen LogP contribution in [0, 0.1) is 0 Å². The molecular formula is C19H24N2O2. The van der Waals surface area contributed by atoms with Crippen molar-refractivity contribution >= 4 is 10.8 Å². The van der Waals surface area contributed by atoms with Crippen molar-refractivity contribution in [3.63, 3.8) is 0 Å². The number of hydrogen-bond acceptors (Lipinski definition) is 4. The van der Waals surface area contributed by atoms with E-state index in [-0.39, 0.29) is 11.9 Å². The molecule has 23 heavy (non-hydrogen) atoms. The molecule has 1 aliphatic heterocycles. The molecule has 2 heterocycles. The van der Waals surface area contributed by atoms with E-state index >= 15 is 0 Å². The second-order valence-electron chi connectivity index (χ2n) is 6.67. The van der Waals surface area contributed by atoms with Crippen LogP contribution in [0.5, 0.6) is 0 Å². The highest BCUT2D eigenvalue weighted by Crippen LogP contribution is 2.37. The number of aromatic nitrogens is 1. The first kappa shape index (κ1) is 15.1. The number of hydrogen-bond donors (Lipinski definition) is 1. The molecule has 0 radical (unpaired) electrons. The van der Waals surface area contributed by atoms with Gasteiger partial charge >= 0.3 is 0 Å². The first-order valence-electron chi connectivity index (χ1n) is 8.69. The minimum Gasteiger partial charge on any atom is -0.347 e. The number of nitrogens with one attached hydrogen (secondary N) is 1. The fraction of sp³-hybridized carbons (Fsp3) is 0.526. The third-order valence-electron chi connectivity index (χ3n) is 4.99. The quantitative estimate of drug-likeness (QED) is 0.939. The molecular weight excluding hydrogens is 288 g/mol. The van der Waals surface area contributed by atoms with E-state index in [0.717, 1.165) is 25.9 Å². The largest absolute Gasteiger partial charge is 0.347 e. The highest BCUT2D eigenvalue weighted by molar-refractivity contribution is 5.84. The molecule has 122 valence electrons. The zero-order valence-electron chi connectivity index (χ0n) is 13.5. The molecule has 1 aromatic heterocycles. The summed E-state index contributed by atoms with van der Waals surface area (Å²) in [6, 6.07) is 8.45. The standard InChI is InChI=1S/C19H24N2O2/c1-2-8-19(9-3-1)22-14-17(23-19)13-21-12-16-6-4-5-15-11-20-10-7-18(15)16/h4-7,10-11,17,21H,1-3,8-9,12-14H2. The molecule has 1 saturated carbocycles. The molecule has 4 nitrogen and oxygen atoms in total. The Morgan fingerprint density at radius 3 is 3.00 bits per heavy atom. The maximum atomic E-state index is 6.22. The van der Waals surface area contributed by atoms with Crippen LogP contribution in [0.3, 0.4) is 0 Å². The van der Waals surface area contributed by atoms with Gasteiger partial charge in [-0.2, -0.15) is 0 Å². The van der Waals surface area contributed by atoms with E-state index in [0.29, 0.717) is 6.61 Å². The monoisotopic (exact) mass is 312 g/mol. The van der Waals surface area contributed by atoms with Crippen LogP contribution in [0.2, 0.25) is 0 Å². The van der Waals surface area contributed by atoms with Crippen molar-refractivity contribution in [3.05, 3.63) is 42.2 Å². The van der Waals surface area contributed by atoms with Crippen LogP contribution in [-0.4, -0.2) is 30.0 Å². The lowest BCUT2D eigenvalue weighted by Crippen LogP contribution is -2.35.